The number of fused-ring (bicyclic) bond motifs is 1. The summed E-state index contributed by atoms with van der Waals surface area (Å²) in [5, 5.41) is 6.08. The molecule has 0 atom stereocenters. The monoisotopic (exact) mass is 343 g/mol. The van der Waals surface area contributed by atoms with Crippen molar-refractivity contribution in [2.45, 2.75) is 39.5 Å². The summed E-state index contributed by atoms with van der Waals surface area (Å²) in [5.41, 5.74) is 3.74. The van der Waals surface area contributed by atoms with Crippen LogP contribution in [0.25, 0.3) is 0 Å². The number of aryl methyl sites for hydroxylation is 4. The Morgan fingerprint density at radius 3 is 2.54 bits per heavy atom. The molecule has 1 aliphatic carbocycles. The Balaban J connectivity index is 1.55. The van der Waals surface area contributed by atoms with Crippen LogP contribution >= 0.6 is 11.3 Å². The fourth-order valence-corrected chi connectivity index (χ4v) is 4.00. The van der Waals surface area contributed by atoms with Gasteiger partial charge in [-0.2, -0.15) is 0 Å². The molecule has 3 rings (SSSR count). The van der Waals surface area contributed by atoms with Crippen molar-refractivity contribution in [3.8, 4) is 0 Å². The highest BCUT2D eigenvalue weighted by Crippen LogP contribution is 2.29. The zero-order chi connectivity index (χ0) is 17.1. The number of nitrogens with zero attached hydrogens (tertiary/aromatic N) is 1. The molecule has 1 aromatic carbocycles. The number of carbonyl (C=O) groups is 2. The molecule has 2 amide bonds. The van der Waals surface area contributed by atoms with Crippen molar-refractivity contribution in [2.75, 3.05) is 11.9 Å². The number of hydrogen-bond acceptors (Lipinski definition) is 4. The lowest BCUT2D eigenvalue weighted by atomic mass is 10.0. The summed E-state index contributed by atoms with van der Waals surface area (Å²) in [7, 11) is 0. The van der Waals surface area contributed by atoms with Crippen LogP contribution < -0.4 is 10.6 Å². The molecule has 0 aliphatic heterocycles. The molecule has 5 nitrogen and oxygen atoms in total. The summed E-state index contributed by atoms with van der Waals surface area (Å²) >= 11 is 1.54. The van der Waals surface area contributed by atoms with Gasteiger partial charge in [0.05, 0.1) is 12.2 Å². The van der Waals surface area contributed by atoms with Gasteiger partial charge in [0.25, 0.3) is 5.91 Å². The second-order valence-corrected chi connectivity index (χ2v) is 7.29. The van der Waals surface area contributed by atoms with Crippen molar-refractivity contribution >= 4 is 28.3 Å². The minimum atomic E-state index is -0.251. The molecule has 1 heterocycles. The van der Waals surface area contributed by atoms with Crippen molar-refractivity contribution < 1.29 is 9.59 Å². The van der Waals surface area contributed by atoms with E-state index in [1.165, 1.54) is 11.3 Å². The van der Waals surface area contributed by atoms with Crippen LogP contribution in [-0.4, -0.2) is 23.3 Å². The second kappa shape index (κ2) is 7.13. The molecule has 0 radical (unpaired) electrons. The number of anilines is 1. The Labute approximate surface area is 145 Å². The third kappa shape index (κ3) is 4.00. The highest BCUT2D eigenvalue weighted by Gasteiger charge is 2.16. The lowest BCUT2D eigenvalue weighted by Crippen LogP contribution is -2.32. The van der Waals surface area contributed by atoms with E-state index in [1.54, 1.807) is 11.3 Å². The van der Waals surface area contributed by atoms with E-state index >= 15 is 0 Å². The van der Waals surface area contributed by atoms with E-state index in [-0.39, 0.29) is 18.4 Å². The van der Waals surface area contributed by atoms with E-state index in [0.717, 1.165) is 36.1 Å². The number of amides is 2. The van der Waals surface area contributed by atoms with Crippen molar-refractivity contribution in [3.63, 3.8) is 0 Å². The molecule has 24 heavy (non-hydrogen) atoms. The fraction of sp³-hybridized carbons (Fsp3) is 0.389. The summed E-state index contributed by atoms with van der Waals surface area (Å²) in [5.74, 6) is -0.491. The van der Waals surface area contributed by atoms with Gasteiger partial charge in [-0.05, 0) is 51.7 Å². The summed E-state index contributed by atoms with van der Waals surface area (Å²) in [6, 6.07) is 5.64. The van der Waals surface area contributed by atoms with Crippen LogP contribution in [0.5, 0.6) is 0 Å². The first-order valence-corrected chi connectivity index (χ1v) is 8.98. The van der Waals surface area contributed by atoms with Gasteiger partial charge in [0.1, 0.15) is 0 Å². The maximum Gasteiger partial charge on any atom is 0.251 e. The molecule has 1 aliphatic rings. The molecule has 6 heteroatoms. The molecule has 2 N–H and O–H groups in total. The van der Waals surface area contributed by atoms with E-state index in [9.17, 15) is 9.59 Å². The van der Waals surface area contributed by atoms with Crippen LogP contribution in [0.2, 0.25) is 0 Å². The lowest BCUT2D eigenvalue weighted by Gasteiger charge is -2.07. The first kappa shape index (κ1) is 16.6. The van der Waals surface area contributed by atoms with E-state index in [1.807, 2.05) is 32.0 Å². The maximum absolute atomic E-state index is 12.2. The van der Waals surface area contributed by atoms with Crippen LogP contribution in [0, 0.1) is 13.8 Å². The Morgan fingerprint density at radius 1 is 1.12 bits per heavy atom. The van der Waals surface area contributed by atoms with Crippen LogP contribution in [-0.2, 0) is 17.6 Å². The topological polar surface area (TPSA) is 71.1 Å². The van der Waals surface area contributed by atoms with E-state index in [4.69, 9.17) is 0 Å². The van der Waals surface area contributed by atoms with Crippen LogP contribution in [0.4, 0.5) is 5.13 Å². The average molecular weight is 343 g/mol. The number of hydrogen-bond donors (Lipinski definition) is 2. The average Bonchev–Trinajstić information content (AvgIpc) is 2.93. The van der Waals surface area contributed by atoms with Crippen molar-refractivity contribution in [3.05, 3.63) is 45.5 Å². The van der Waals surface area contributed by atoms with Gasteiger partial charge in [0.15, 0.2) is 5.13 Å². The minimum Gasteiger partial charge on any atom is -0.343 e. The predicted octanol–water partition coefficient (Wildman–Crippen LogP) is 3.01. The SMILES string of the molecule is Cc1cc(C)cc(C(=O)NCC(=O)Nc2nc3c(s2)CCCC3)c1. The standard InChI is InChI=1S/C18H21N3O2S/c1-11-7-12(2)9-13(8-11)17(23)19-10-16(22)21-18-20-14-5-3-4-6-15(14)24-18/h7-9H,3-6,10H2,1-2H3,(H,19,23)(H,20,21,22). The van der Waals surface area contributed by atoms with Crippen molar-refractivity contribution in [2.24, 2.45) is 0 Å². The highest BCUT2D eigenvalue weighted by molar-refractivity contribution is 7.15. The number of rotatable bonds is 4. The van der Waals surface area contributed by atoms with Crippen molar-refractivity contribution in [1.82, 2.24) is 10.3 Å². The number of thiazole rings is 1. The van der Waals surface area contributed by atoms with Gasteiger partial charge in [0.2, 0.25) is 5.91 Å². The Kier molecular flexibility index (Phi) is 4.94. The molecule has 2 aromatic rings. The number of carbonyl (C=O) groups excluding carboxylic acids is 2. The van der Waals surface area contributed by atoms with E-state index < -0.39 is 0 Å². The quantitative estimate of drug-likeness (QED) is 0.896. The molecule has 0 unspecified atom stereocenters. The summed E-state index contributed by atoms with van der Waals surface area (Å²) in [6.45, 7) is 3.83. The van der Waals surface area contributed by atoms with E-state index in [2.05, 4.69) is 15.6 Å². The molecule has 0 saturated carbocycles. The second-order valence-electron chi connectivity index (χ2n) is 6.20. The molecule has 126 valence electrons. The largest absolute Gasteiger partial charge is 0.343 e. The van der Waals surface area contributed by atoms with Crippen LogP contribution in [0.1, 0.15) is 44.9 Å². The predicted molar refractivity (Wildman–Crippen MR) is 95.6 cm³/mol. The highest BCUT2D eigenvalue weighted by atomic mass is 32.1. The van der Waals surface area contributed by atoms with Crippen LogP contribution in [0.3, 0.4) is 0 Å². The molecule has 0 fully saturated rings. The zero-order valence-corrected chi connectivity index (χ0v) is 14.8. The smallest absolute Gasteiger partial charge is 0.251 e. The Bertz CT molecular complexity index is 739. The number of benzene rings is 1. The molecule has 0 spiro atoms. The zero-order valence-electron chi connectivity index (χ0n) is 13.9. The van der Waals surface area contributed by atoms with Gasteiger partial charge < -0.3 is 10.6 Å². The van der Waals surface area contributed by atoms with Gasteiger partial charge in [-0.15, -0.1) is 11.3 Å². The Hall–Kier alpha value is -2.21. The minimum absolute atomic E-state index is 0.0595. The first-order chi connectivity index (χ1) is 11.5. The summed E-state index contributed by atoms with van der Waals surface area (Å²) < 4.78 is 0. The molecular weight excluding hydrogens is 322 g/mol. The molecule has 1 aromatic heterocycles. The van der Waals surface area contributed by atoms with E-state index in [0.29, 0.717) is 10.7 Å². The van der Waals surface area contributed by atoms with Gasteiger partial charge in [-0.3, -0.25) is 9.59 Å². The Morgan fingerprint density at radius 2 is 1.83 bits per heavy atom. The number of nitrogens with one attached hydrogen (secondary N) is 2. The number of aromatic nitrogens is 1. The van der Waals surface area contributed by atoms with Crippen LogP contribution in [0.15, 0.2) is 18.2 Å². The summed E-state index contributed by atoms with van der Waals surface area (Å²) in [4.78, 5) is 29.9. The third-order valence-electron chi connectivity index (χ3n) is 3.99. The fourth-order valence-electron chi connectivity index (χ4n) is 2.94. The first-order valence-electron chi connectivity index (χ1n) is 8.16. The maximum atomic E-state index is 12.2. The molecular formula is C18H21N3O2S. The lowest BCUT2D eigenvalue weighted by molar-refractivity contribution is -0.115. The molecule has 0 bridgehead atoms. The summed E-state index contributed by atoms with van der Waals surface area (Å²) in [6.07, 6.45) is 4.39. The molecule has 0 saturated heterocycles. The van der Waals surface area contributed by atoms with Gasteiger partial charge in [-0.25, -0.2) is 4.98 Å². The third-order valence-corrected chi connectivity index (χ3v) is 5.06. The van der Waals surface area contributed by atoms with Gasteiger partial charge >= 0.3 is 0 Å². The normalized spacial score (nSPS) is 13.2. The van der Waals surface area contributed by atoms with Crippen molar-refractivity contribution in [1.29, 1.82) is 0 Å². The van der Waals surface area contributed by atoms with Gasteiger partial charge in [-0.1, -0.05) is 17.2 Å². The van der Waals surface area contributed by atoms with Gasteiger partial charge in [0, 0.05) is 10.4 Å².